The molecular formula is C13H19N3O3. The largest absolute Gasteiger partial charge is 0.497 e. The summed E-state index contributed by atoms with van der Waals surface area (Å²) in [6.45, 7) is 2.64. The zero-order valence-electron chi connectivity index (χ0n) is 11.3. The second-order valence-electron chi connectivity index (χ2n) is 4.43. The Hall–Kier alpha value is -1.79. The molecule has 0 atom stereocenters. The number of carbonyl (C=O) groups excluding carboxylic acids is 1. The fourth-order valence-corrected chi connectivity index (χ4v) is 2.04. The first-order chi connectivity index (χ1) is 9.13. The minimum Gasteiger partial charge on any atom is -0.497 e. The lowest BCUT2D eigenvalue weighted by atomic mass is 10.1. The number of benzene rings is 1. The molecule has 1 amide bonds. The molecule has 19 heavy (non-hydrogen) atoms. The van der Waals surface area contributed by atoms with Crippen LogP contribution < -0.4 is 15.3 Å². The Balaban J connectivity index is 2.18. The van der Waals surface area contributed by atoms with E-state index >= 15 is 0 Å². The van der Waals surface area contributed by atoms with Gasteiger partial charge in [-0.15, -0.1) is 0 Å². The summed E-state index contributed by atoms with van der Waals surface area (Å²) >= 11 is 0. The average Bonchev–Trinajstić information content (AvgIpc) is 2.46. The van der Waals surface area contributed by atoms with Gasteiger partial charge in [0.25, 0.3) is 5.91 Å². The van der Waals surface area contributed by atoms with Crippen LogP contribution in [0.15, 0.2) is 18.2 Å². The van der Waals surface area contributed by atoms with E-state index in [0.717, 1.165) is 0 Å². The maximum Gasteiger partial charge on any atom is 0.254 e. The van der Waals surface area contributed by atoms with Crippen LogP contribution in [-0.4, -0.2) is 56.2 Å². The number of nitrogens with two attached hydrogens (primary N) is 1. The van der Waals surface area contributed by atoms with Gasteiger partial charge in [-0.2, -0.15) is 0 Å². The van der Waals surface area contributed by atoms with Crippen LogP contribution in [0.4, 0.5) is 0 Å². The first-order valence-electron chi connectivity index (χ1n) is 6.16. The molecule has 0 bridgehead atoms. The van der Waals surface area contributed by atoms with Gasteiger partial charge in [-0.25, -0.2) is 5.01 Å². The molecular weight excluding hydrogens is 246 g/mol. The molecule has 104 valence electrons. The molecule has 0 saturated carbocycles. The number of hydrogen-bond acceptors (Lipinski definition) is 5. The van der Waals surface area contributed by atoms with Crippen molar-refractivity contribution in [1.29, 1.82) is 0 Å². The maximum absolute atomic E-state index is 12.4. The topological polar surface area (TPSA) is 68.0 Å². The molecule has 0 aromatic heterocycles. The van der Waals surface area contributed by atoms with E-state index in [0.29, 0.717) is 43.2 Å². The molecule has 1 saturated heterocycles. The van der Waals surface area contributed by atoms with Crippen molar-refractivity contribution >= 4 is 5.91 Å². The van der Waals surface area contributed by atoms with E-state index in [1.54, 1.807) is 42.3 Å². The smallest absolute Gasteiger partial charge is 0.254 e. The summed E-state index contributed by atoms with van der Waals surface area (Å²) in [6, 6.07) is 5.19. The number of hydrogen-bond donors (Lipinski definition) is 1. The van der Waals surface area contributed by atoms with Crippen molar-refractivity contribution < 1.29 is 14.3 Å². The van der Waals surface area contributed by atoms with Gasteiger partial charge in [0.15, 0.2) is 0 Å². The summed E-state index contributed by atoms with van der Waals surface area (Å²) in [4.78, 5) is 14.2. The fourth-order valence-electron chi connectivity index (χ4n) is 2.04. The van der Waals surface area contributed by atoms with E-state index in [4.69, 9.17) is 15.3 Å². The van der Waals surface area contributed by atoms with E-state index in [1.807, 2.05) is 0 Å². The minimum atomic E-state index is -0.0229. The molecule has 1 fully saturated rings. The number of ether oxygens (including phenoxy) is 2. The van der Waals surface area contributed by atoms with E-state index in [2.05, 4.69) is 0 Å². The molecule has 6 heteroatoms. The molecule has 0 unspecified atom stereocenters. The Labute approximate surface area is 112 Å². The summed E-state index contributed by atoms with van der Waals surface area (Å²) in [7, 11) is 3.13. The van der Waals surface area contributed by atoms with Gasteiger partial charge in [-0.1, -0.05) is 0 Å². The van der Waals surface area contributed by atoms with Crippen molar-refractivity contribution in [2.45, 2.75) is 0 Å². The van der Waals surface area contributed by atoms with Crippen LogP contribution in [0.3, 0.4) is 0 Å². The van der Waals surface area contributed by atoms with Gasteiger partial charge >= 0.3 is 0 Å². The summed E-state index contributed by atoms with van der Waals surface area (Å²) in [5, 5.41) is 1.72. The van der Waals surface area contributed by atoms with Gasteiger partial charge in [0.05, 0.1) is 14.2 Å². The highest BCUT2D eigenvalue weighted by Gasteiger charge is 2.21. The second-order valence-corrected chi connectivity index (χ2v) is 4.43. The van der Waals surface area contributed by atoms with Crippen molar-refractivity contribution in [3.05, 3.63) is 23.8 Å². The van der Waals surface area contributed by atoms with Crippen LogP contribution in [0.1, 0.15) is 10.4 Å². The Morgan fingerprint density at radius 1 is 1.05 bits per heavy atom. The summed E-state index contributed by atoms with van der Waals surface area (Å²) in [5.41, 5.74) is 0.571. The van der Waals surface area contributed by atoms with Crippen molar-refractivity contribution in [2.24, 2.45) is 5.84 Å². The minimum absolute atomic E-state index is 0.0229. The van der Waals surface area contributed by atoms with Crippen molar-refractivity contribution in [2.75, 3.05) is 40.4 Å². The zero-order chi connectivity index (χ0) is 13.8. The lowest BCUT2D eigenvalue weighted by Gasteiger charge is -2.32. The highest BCUT2D eigenvalue weighted by Crippen LogP contribution is 2.23. The molecule has 1 aliphatic rings. The number of rotatable bonds is 3. The van der Waals surface area contributed by atoms with Crippen LogP contribution in [0, 0.1) is 0 Å². The Morgan fingerprint density at radius 2 is 1.58 bits per heavy atom. The van der Waals surface area contributed by atoms with E-state index < -0.39 is 0 Å². The van der Waals surface area contributed by atoms with E-state index in [1.165, 1.54) is 0 Å². The van der Waals surface area contributed by atoms with Gasteiger partial charge in [0.2, 0.25) is 0 Å². The fraction of sp³-hybridized carbons (Fsp3) is 0.462. The van der Waals surface area contributed by atoms with Gasteiger partial charge < -0.3 is 14.4 Å². The summed E-state index contributed by atoms with van der Waals surface area (Å²) < 4.78 is 10.3. The van der Waals surface area contributed by atoms with Gasteiger partial charge in [-0.05, 0) is 12.1 Å². The standard InChI is InChI=1S/C13H19N3O3/c1-18-11-7-10(8-12(9-11)19-2)13(17)15-3-5-16(14)6-4-15/h7-9H,3-6,14H2,1-2H3. The third-order valence-corrected chi connectivity index (χ3v) is 3.20. The Bertz CT molecular complexity index is 434. The highest BCUT2D eigenvalue weighted by atomic mass is 16.5. The Kier molecular flexibility index (Phi) is 4.24. The van der Waals surface area contributed by atoms with Crippen molar-refractivity contribution in [3.8, 4) is 11.5 Å². The van der Waals surface area contributed by atoms with Gasteiger partial charge in [-0.3, -0.25) is 10.6 Å². The third kappa shape index (κ3) is 3.15. The van der Waals surface area contributed by atoms with Crippen molar-refractivity contribution in [1.82, 2.24) is 9.91 Å². The van der Waals surface area contributed by atoms with Crippen LogP contribution >= 0.6 is 0 Å². The SMILES string of the molecule is COc1cc(OC)cc(C(=O)N2CCN(N)CC2)c1. The quantitative estimate of drug-likeness (QED) is 0.798. The average molecular weight is 265 g/mol. The van der Waals surface area contributed by atoms with Gasteiger partial charge in [0, 0.05) is 37.8 Å². The monoisotopic (exact) mass is 265 g/mol. The molecule has 0 aliphatic carbocycles. The predicted molar refractivity (Wildman–Crippen MR) is 71.2 cm³/mol. The molecule has 0 spiro atoms. The van der Waals surface area contributed by atoms with Crippen LogP contribution in [0.2, 0.25) is 0 Å². The maximum atomic E-state index is 12.4. The predicted octanol–water partition coefficient (Wildman–Crippen LogP) is 0.335. The van der Waals surface area contributed by atoms with Crippen LogP contribution in [0.5, 0.6) is 11.5 Å². The molecule has 1 aromatic carbocycles. The highest BCUT2D eigenvalue weighted by molar-refractivity contribution is 5.95. The number of carbonyl (C=O) groups is 1. The second kappa shape index (κ2) is 5.90. The first kappa shape index (κ1) is 13.6. The van der Waals surface area contributed by atoms with Gasteiger partial charge in [0.1, 0.15) is 11.5 Å². The lowest BCUT2D eigenvalue weighted by Crippen LogP contribution is -2.51. The summed E-state index contributed by atoms with van der Waals surface area (Å²) in [6.07, 6.45) is 0. The molecule has 2 N–H and O–H groups in total. The molecule has 2 rings (SSSR count). The van der Waals surface area contributed by atoms with Crippen molar-refractivity contribution in [3.63, 3.8) is 0 Å². The zero-order valence-corrected chi connectivity index (χ0v) is 11.3. The molecule has 1 aromatic rings. The third-order valence-electron chi connectivity index (χ3n) is 3.20. The normalized spacial score (nSPS) is 16.3. The lowest BCUT2D eigenvalue weighted by molar-refractivity contribution is 0.0637. The van der Waals surface area contributed by atoms with Crippen LogP contribution in [-0.2, 0) is 0 Å². The molecule has 1 heterocycles. The first-order valence-corrected chi connectivity index (χ1v) is 6.16. The molecule has 6 nitrogen and oxygen atoms in total. The number of nitrogens with zero attached hydrogens (tertiary/aromatic N) is 2. The molecule has 0 radical (unpaired) electrons. The number of hydrazine groups is 1. The van der Waals surface area contributed by atoms with E-state index in [-0.39, 0.29) is 5.91 Å². The number of amides is 1. The van der Waals surface area contributed by atoms with E-state index in [9.17, 15) is 4.79 Å². The molecule has 1 aliphatic heterocycles. The Morgan fingerprint density at radius 3 is 2.05 bits per heavy atom. The number of piperazine rings is 1. The van der Waals surface area contributed by atoms with Crippen LogP contribution in [0.25, 0.3) is 0 Å². The number of methoxy groups -OCH3 is 2. The summed E-state index contributed by atoms with van der Waals surface area (Å²) in [5.74, 6) is 6.88.